The predicted octanol–water partition coefficient (Wildman–Crippen LogP) is 7.67. The third kappa shape index (κ3) is 4.31. The Morgan fingerprint density at radius 3 is 2.53 bits per heavy atom. The molecule has 0 bridgehead atoms. The van der Waals surface area contributed by atoms with Crippen molar-refractivity contribution in [3.8, 4) is 0 Å². The van der Waals surface area contributed by atoms with Gasteiger partial charge in [-0.1, -0.05) is 51.3 Å². The second-order valence-electron chi connectivity index (χ2n) is 13.9. The molecule has 2 heteroatoms. The van der Waals surface area contributed by atoms with E-state index in [1.807, 2.05) is 13.8 Å². The number of aromatic nitrogens is 1. The summed E-state index contributed by atoms with van der Waals surface area (Å²) in [5, 5.41) is 10.2. The fraction of sp³-hybridized carbons (Fsp3) is 0.781. The van der Waals surface area contributed by atoms with Gasteiger partial charge in [0.25, 0.3) is 0 Å². The largest absolute Gasteiger partial charge is 0.390 e. The van der Waals surface area contributed by atoms with Crippen LogP contribution in [0.5, 0.6) is 0 Å². The van der Waals surface area contributed by atoms with E-state index in [9.17, 15) is 5.11 Å². The van der Waals surface area contributed by atoms with E-state index in [1.54, 1.807) is 5.57 Å². The summed E-state index contributed by atoms with van der Waals surface area (Å²) in [5.74, 6) is 4.39. The Kier molecular flexibility index (Phi) is 6.54. The number of fused-ring (bicyclic) bond motifs is 5. The molecule has 188 valence electrons. The number of hydrogen-bond acceptors (Lipinski definition) is 1. The second-order valence-corrected chi connectivity index (χ2v) is 13.9. The van der Waals surface area contributed by atoms with E-state index in [1.165, 1.54) is 64.2 Å². The van der Waals surface area contributed by atoms with Crippen LogP contribution in [-0.2, 0) is 0 Å². The maximum absolute atomic E-state index is 10.2. The molecule has 0 radical (unpaired) electrons. The first-order valence-corrected chi connectivity index (χ1v) is 14.5. The van der Waals surface area contributed by atoms with Gasteiger partial charge < -0.3 is 5.11 Å². The zero-order chi connectivity index (χ0) is 24.1. The summed E-state index contributed by atoms with van der Waals surface area (Å²) in [5.41, 5.74) is 2.25. The standard InChI is InChI=1S/C32H50NO/c1-23(10-9-17-30(2,3)34)27-13-14-28-26-12-11-24-22-25(33-20-7-6-8-21-33)15-18-31(24,4)29(26)16-19-32(27,28)5/h6-8,11,20-21,23,25-29,34H,9-10,12-19,22H2,1-5H3/q+1/t23-,25+,26+,27-,28+,29+,31+,32-/m1/s1. The molecule has 4 aliphatic rings. The zero-order valence-electron chi connectivity index (χ0n) is 22.6. The summed E-state index contributed by atoms with van der Waals surface area (Å²) >= 11 is 0. The molecule has 0 saturated heterocycles. The highest BCUT2D eigenvalue weighted by atomic mass is 16.3. The minimum Gasteiger partial charge on any atom is -0.390 e. The molecular formula is C32H50NO+. The van der Waals surface area contributed by atoms with Crippen LogP contribution >= 0.6 is 0 Å². The molecule has 1 aromatic heterocycles. The van der Waals surface area contributed by atoms with Gasteiger partial charge in [0.2, 0.25) is 0 Å². The molecule has 34 heavy (non-hydrogen) atoms. The van der Waals surface area contributed by atoms with Gasteiger partial charge in [-0.3, -0.25) is 0 Å². The highest BCUT2D eigenvalue weighted by Gasteiger charge is 2.59. The monoisotopic (exact) mass is 464 g/mol. The lowest BCUT2D eigenvalue weighted by atomic mass is 9.47. The maximum atomic E-state index is 10.2. The topological polar surface area (TPSA) is 24.1 Å². The molecule has 1 heterocycles. The van der Waals surface area contributed by atoms with Crippen LogP contribution in [0.15, 0.2) is 42.2 Å². The van der Waals surface area contributed by atoms with E-state index in [-0.39, 0.29) is 0 Å². The minimum atomic E-state index is -0.514. The summed E-state index contributed by atoms with van der Waals surface area (Å²) < 4.78 is 2.46. The van der Waals surface area contributed by atoms with Gasteiger partial charge in [-0.05, 0) is 99.2 Å². The predicted molar refractivity (Wildman–Crippen MR) is 140 cm³/mol. The molecular weight excluding hydrogens is 414 g/mol. The van der Waals surface area contributed by atoms with E-state index in [4.69, 9.17) is 0 Å². The van der Waals surface area contributed by atoms with Crippen LogP contribution in [0.4, 0.5) is 0 Å². The molecule has 0 unspecified atom stereocenters. The molecule has 8 atom stereocenters. The molecule has 5 rings (SSSR count). The number of rotatable bonds is 6. The van der Waals surface area contributed by atoms with E-state index >= 15 is 0 Å². The van der Waals surface area contributed by atoms with Gasteiger partial charge in [0.1, 0.15) is 0 Å². The summed E-state index contributed by atoms with van der Waals surface area (Å²) in [6, 6.07) is 7.15. The number of allylic oxidation sites excluding steroid dienone is 2. The van der Waals surface area contributed by atoms with Crippen LogP contribution in [0.3, 0.4) is 0 Å². The molecule has 0 spiro atoms. The summed E-state index contributed by atoms with van der Waals surface area (Å²) in [7, 11) is 0. The van der Waals surface area contributed by atoms with Crippen LogP contribution in [0.2, 0.25) is 0 Å². The van der Waals surface area contributed by atoms with Gasteiger partial charge in [-0.25, -0.2) is 4.57 Å². The Balaban J connectivity index is 1.29. The van der Waals surface area contributed by atoms with Crippen molar-refractivity contribution in [1.82, 2.24) is 0 Å². The minimum absolute atomic E-state index is 0.437. The van der Waals surface area contributed by atoms with E-state index in [0.717, 1.165) is 36.0 Å². The van der Waals surface area contributed by atoms with Gasteiger partial charge in [0, 0.05) is 25.0 Å². The van der Waals surface area contributed by atoms with Crippen molar-refractivity contribution in [3.63, 3.8) is 0 Å². The highest BCUT2D eigenvalue weighted by molar-refractivity contribution is 5.25. The first-order chi connectivity index (χ1) is 16.1. The lowest BCUT2D eigenvalue weighted by molar-refractivity contribution is -0.725. The molecule has 3 saturated carbocycles. The van der Waals surface area contributed by atoms with Gasteiger partial charge in [0.05, 0.1) is 5.60 Å². The third-order valence-electron chi connectivity index (χ3n) is 11.4. The normalized spacial score (nSPS) is 40.6. The van der Waals surface area contributed by atoms with Crippen LogP contribution in [-0.4, -0.2) is 10.7 Å². The molecule has 1 N–H and O–H groups in total. The molecule has 4 aliphatic carbocycles. The average Bonchev–Trinajstić information content (AvgIpc) is 3.15. The molecule has 0 amide bonds. The maximum Gasteiger partial charge on any atom is 0.169 e. The molecule has 1 aromatic rings. The Hall–Kier alpha value is -1.15. The highest BCUT2D eigenvalue weighted by Crippen LogP contribution is 2.67. The summed E-state index contributed by atoms with van der Waals surface area (Å²) in [4.78, 5) is 0. The SMILES string of the molecule is C[C@H](CCCC(C)(C)O)[C@H]1CC[C@H]2[C@@H]3CC=C4C[C@@H]([n+]5ccccc5)CC[C@]4(C)[C@H]3CC[C@]12C. The van der Waals surface area contributed by atoms with Crippen molar-refractivity contribution in [2.75, 3.05) is 0 Å². The van der Waals surface area contributed by atoms with Crippen molar-refractivity contribution in [2.45, 2.75) is 117 Å². The van der Waals surface area contributed by atoms with Crippen LogP contribution in [0.1, 0.15) is 111 Å². The van der Waals surface area contributed by atoms with Crippen molar-refractivity contribution >= 4 is 0 Å². The molecule has 3 fully saturated rings. The van der Waals surface area contributed by atoms with Crippen molar-refractivity contribution in [1.29, 1.82) is 0 Å². The van der Waals surface area contributed by atoms with Gasteiger partial charge in [0.15, 0.2) is 18.4 Å². The Labute approximate surface area is 209 Å². The lowest BCUT2D eigenvalue weighted by Crippen LogP contribution is -2.52. The fourth-order valence-corrected chi connectivity index (χ4v) is 9.58. The number of nitrogens with zero attached hydrogens (tertiary/aromatic N) is 1. The fourth-order valence-electron chi connectivity index (χ4n) is 9.58. The molecule has 2 nitrogen and oxygen atoms in total. The van der Waals surface area contributed by atoms with E-state index in [2.05, 4.69) is 62.0 Å². The quantitative estimate of drug-likeness (QED) is 0.339. The Morgan fingerprint density at radius 1 is 1.03 bits per heavy atom. The lowest BCUT2D eigenvalue weighted by Gasteiger charge is -2.58. The molecule has 0 aliphatic heterocycles. The van der Waals surface area contributed by atoms with E-state index < -0.39 is 5.60 Å². The van der Waals surface area contributed by atoms with Gasteiger partial charge in [-0.2, -0.15) is 0 Å². The van der Waals surface area contributed by atoms with Crippen LogP contribution in [0.25, 0.3) is 0 Å². The Morgan fingerprint density at radius 2 is 1.79 bits per heavy atom. The average molecular weight is 465 g/mol. The molecule has 0 aromatic carbocycles. The number of pyridine rings is 1. The first kappa shape index (κ1) is 24.5. The van der Waals surface area contributed by atoms with Crippen LogP contribution < -0.4 is 4.57 Å². The van der Waals surface area contributed by atoms with Crippen molar-refractivity contribution in [3.05, 3.63) is 42.2 Å². The smallest absolute Gasteiger partial charge is 0.169 e. The number of hydrogen-bond donors (Lipinski definition) is 1. The summed E-state index contributed by atoms with van der Waals surface area (Å²) in [6.45, 7) is 11.8. The van der Waals surface area contributed by atoms with Crippen molar-refractivity contribution in [2.24, 2.45) is 40.4 Å². The van der Waals surface area contributed by atoms with Gasteiger partial charge in [-0.15, -0.1) is 0 Å². The zero-order valence-corrected chi connectivity index (χ0v) is 22.6. The number of aliphatic hydroxyl groups is 1. The first-order valence-electron chi connectivity index (χ1n) is 14.5. The van der Waals surface area contributed by atoms with Crippen LogP contribution in [0, 0.1) is 40.4 Å². The summed E-state index contributed by atoms with van der Waals surface area (Å²) in [6.07, 6.45) is 21.7. The second kappa shape index (κ2) is 9.06. The van der Waals surface area contributed by atoms with Gasteiger partial charge >= 0.3 is 0 Å². The van der Waals surface area contributed by atoms with E-state index in [0.29, 0.717) is 16.9 Å². The van der Waals surface area contributed by atoms with Crippen molar-refractivity contribution < 1.29 is 9.67 Å². The third-order valence-corrected chi connectivity index (χ3v) is 11.4. The Bertz CT molecular complexity index is 884.